The van der Waals surface area contributed by atoms with Crippen molar-refractivity contribution in [3.63, 3.8) is 0 Å². The van der Waals surface area contributed by atoms with E-state index in [-0.39, 0.29) is 18.0 Å². The smallest absolute Gasteiger partial charge is 0.410 e. The largest absolute Gasteiger partial charge is 0.468 e. The van der Waals surface area contributed by atoms with Crippen molar-refractivity contribution in [2.75, 3.05) is 40.5 Å². The molecule has 2 aliphatic heterocycles. The quantitative estimate of drug-likeness (QED) is 0.333. The fourth-order valence-electron chi connectivity index (χ4n) is 5.46. The van der Waals surface area contributed by atoms with Gasteiger partial charge in [0.2, 0.25) is 0 Å². The first-order chi connectivity index (χ1) is 14.4. The van der Waals surface area contributed by atoms with Crippen LogP contribution in [0.5, 0.6) is 0 Å². The van der Waals surface area contributed by atoms with Crippen LogP contribution in [0.1, 0.15) is 39.0 Å². The van der Waals surface area contributed by atoms with E-state index in [0.717, 1.165) is 38.8 Å². The summed E-state index contributed by atoms with van der Waals surface area (Å²) in [4.78, 5) is 41.0. The van der Waals surface area contributed by atoms with E-state index in [4.69, 9.17) is 14.2 Å². The summed E-state index contributed by atoms with van der Waals surface area (Å²) < 4.78 is 15.1. The summed E-state index contributed by atoms with van der Waals surface area (Å²) in [6, 6.07) is -0.774. The Kier molecular flexibility index (Phi) is 8.01. The number of amides is 1. The average Bonchev–Trinajstić information content (AvgIpc) is 3.11. The van der Waals surface area contributed by atoms with Gasteiger partial charge in [-0.1, -0.05) is 15.9 Å². The second-order valence-electron chi connectivity index (χ2n) is 8.65. The number of methoxy groups -OCH3 is 2. The maximum absolute atomic E-state index is 12.5. The van der Waals surface area contributed by atoms with Crippen molar-refractivity contribution in [2.45, 2.75) is 55.9 Å². The van der Waals surface area contributed by atoms with Gasteiger partial charge in [-0.3, -0.25) is 14.6 Å². The molecule has 2 heterocycles. The molecule has 6 atom stereocenters. The van der Waals surface area contributed by atoms with Crippen LogP contribution in [0.15, 0.2) is 0 Å². The number of rotatable bonds is 5. The minimum Gasteiger partial charge on any atom is -0.468 e. The zero-order valence-electron chi connectivity index (χ0n) is 18.0. The Hall–Kier alpha value is -1.35. The molecular weight excluding hydrogens is 456 g/mol. The van der Waals surface area contributed by atoms with E-state index in [1.54, 1.807) is 11.8 Å². The third kappa shape index (κ3) is 5.10. The topological polar surface area (TPSA) is 85.4 Å². The molecular formula is C21H33BrN2O6. The van der Waals surface area contributed by atoms with Gasteiger partial charge in [0.1, 0.15) is 12.1 Å². The molecule has 3 aliphatic rings. The predicted octanol–water partition coefficient (Wildman–Crippen LogP) is 2.43. The van der Waals surface area contributed by atoms with Crippen molar-refractivity contribution in [3.05, 3.63) is 0 Å². The summed E-state index contributed by atoms with van der Waals surface area (Å²) in [5.74, 6) is 0.668. The van der Waals surface area contributed by atoms with Crippen LogP contribution < -0.4 is 0 Å². The minimum atomic E-state index is -0.584. The molecule has 1 aliphatic carbocycles. The monoisotopic (exact) mass is 488 g/mol. The number of carbonyl (C=O) groups is 3. The Balaban J connectivity index is 1.65. The van der Waals surface area contributed by atoms with Crippen molar-refractivity contribution in [3.8, 4) is 0 Å². The Morgan fingerprint density at radius 2 is 1.70 bits per heavy atom. The highest BCUT2D eigenvalue weighted by atomic mass is 79.9. The van der Waals surface area contributed by atoms with Crippen LogP contribution in [-0.2, 0) is 23.8 Å². The van der Waals surface area contributed by atoms with Gasteiger partial charge < -0.3 is 14.2 Å². The maximum Gasteiger partial charge on any atom is 0.410 e. The lowest BCUT2D eigenvalue weighted by Crippen LogP contribution is -2.55. The third-order valence-corrected chi connectivity index (χ3v) is 7.53. The van der Waals surface area contributed by atoms with Crippen LogP contribution in [0.3, 0.4) is 0 Å². The Morgan fingerprint density at radius 3 is 2.37 bits per heavy atom. The molecule has 170 valence electrons. The van der Waals surface area contributed by atoms with Gasteiger partial charge in [-0.2, -0.15) is 0 Å². The van der Waals surface area contributed by atoms with Gasteiger partial charge in [0.15, 0.2) is 0 Å². The highest BCUT2D eigenvalue weighted by molar-refractivity contribution is 9.09. The Bertz CT molecular complexity index is 647. The summed E-state index contributed by atoms with van der Waals surface area (Å²) in [5, 5.41) is 0. The molecule has 0 N–H and O–H groups in total. The summed E-state index contributed by atoms with van der Waals surface area (Å²) in [6.45, 7) is 4.29. The average molecular weight is 489 g/mol. The van der Waals surface area contributed by atoms with Gasteiger partial charge in [-0.25, -0.2) is 9.59 Å². The fourth-order valence-corrected chi connectivity index (χ4v) is 6.18. The molecule has 2 saturated heterocycles. The zero-order chi connectivity index (χ0) is 21.8. The van der Waals surface area contributed by atoms with E-state index < -0.39 is 12.1 Å². The van der Waals surface area contributed by atoms with Gasteiger partial charge in [0.25, 0.3) is 0 Å². The van der Waals surface area contributed by atoms with E-state index in [2.05, 4.69) is 20.8 Å². The number of nitrogens with zero attached hydrogens (tertiary/aromatic N) is 2. The first-order valence-corrected chi connectivity index (χ1v) is 11.8. The molecule has 0 spiro atoms. The Labute approximate surface area is 186 Å². The van der Waals surface area contributed by atoms with E-state index in [1.165, 1.54) is 14.2 Å². The van der Waals surface area contributed by atoms with E-state index >= 15 is 0 Å². The number of ether oxygens (including phenoxy) is 3. The molecule has 8 nitrogen and oxygen atoms in total. The van der Waals surface area contributed by atoms with E-state index in [0.29, 0.717) is 42.2 Å². The molecule has 1 amide bonds. The molecule has 0 bridgehead atoms. The number of esters is 2. The van der Waals surface area contributed by atoms with Crippen molar-refractivity contribution < 1.29 is 28.6 Å². The number of fused-ring (bicyclic) bond motifs is 1. The maximum atomic E-state index is 12.5. The number of alkyl halides is 1. The first-order valence-electron chi connectivity index (χ1n) is 10.8. The predicted molar refractivity (Wildman–Crippen MR) is 113 cm³/mol. The van der Waals surface area contributed by atoms with Crippen LogP contribution in [0.25, 0.3) is 0 Å². The summed E-state index contributed by atoms with van der Waals surface area (Å²) in [6.07, 6.45) is 3.97. The number of hydrogen-bond donors (Lipinski definition) is 0. The number of piperidine rings is 1. The van der Waals surface area contributed by atoms with E-state index in [1.807, 2.05) is 0 Å². The molecule has 9 heteroatoms. The first kappa shape index (κ1) is 23.3. The molecule has 0 aromatic heterocycles. The molecule has 0 radical (unpaired) electrons. The van der Waals surface area contributed by atoms with Crippen LogP contribution in [0, 0.1) is 17.8 Å². The zero-order valence-corrected chi connectivity index (χ0v) is 19.6. The second-order valence-corrected chi connectivity index (χ2v) is 9.95. The molecule has 3 rings (SSSR count). The lowest BCUT2D eigenvalue weighted by molar-refractivity contribution is -0.152. The van der Waals surface area contributed by atoms with Gasteiger partial charge in [0, 0.05) is 24.5 Å². The minimum absolute atomic E-state index is 0.167. The number of likely N-dealkylation sites (tertiary alicyclic amines) is 2. The number of carbonyl (C=O) groups excluding carboxylic acids is 3. The normalized spacial score (nSPS) is 34.2. The highest BCUT2D eigenvalue weighted by Crippen LogP contribution is 2.42. The van der Waals surface area contributed by atoms with Crippen molar-refractivity contribution >= 4 is 34.0 Å². The van der Waals surface area contributed by atoms with Gasteiger partial charge in [-0.05, 0) is 56.8 Å². The SMILES string of the molecule is CCOC(=O)C1CC2C[C@@H](CN3C[C@H](Br)C[C@H]3C(=O)OC)CC[C@H]2CN1C(=O)OC. The lowest BCUT2D eigenvalue weighted by Gasteiger charge is -2.46. The van der Waals surface area contributed by atoms with Gasteiger partial charge >= 0.3 is 18.0 Å². The molecule has 0 aromatic carbocycles. The summed E-state index contributed by atoms with van der Waals surface area (Å²) in [7, 11) is 2.79. The van der Waals surface area contributed by atoms with Crippen LogP contribution in [0.4, 0.5) is 4.79 Å². The lowest BCUT2D eigenvalue weighted by atomic mass is 9.69. The molecule has 2 unspecified atom stereocenters. The standard InChI is InChI=1S/C21H33BrN2O6/c1-4-30-20(26)18-8-15-7-13(5-6-14(15)11-24(18)21(27)29-3)10-23-12-16(22)9-17(23)19(25)28-2/h13-18H,4-12H2,1-3H3/t13-,14-,15?,16+,17-,18?/m0/s1. The van der Waals surface area contributed by atoms with E-state index in [9.17, 15) is 14.4 Å². The molecule has 0 aromatic rings. The highest BCUT2D eigenvalue weighted by Gasteiger charge is 2.45. The molecule has 3 fully saturated rings. The summed E-state index contributed by atoms with van der Waals surface area (Å²) >= 11 is 3.65. The second kappa shape index (κ2) is 10.3. The van der Waals surface area contributed by atoms with Crippen LogP contribution >= 0.6 is 15.9 Å². The van der Waals surface area contributed by atoms with Gasteiger partial charge in [-0.15, -0.1) is 0 Å². The van der Waals surface area contributed by atoms with Crippen molar-refractivity contribution in [1.29, 1.82) is 0 Å². The molecule has 1 saturated carbocycles. The van der Waals surface area contributed by atoms with Crippen molar-refractivity contribution in [1.82, 2.24) is 9.80 Å². The van der Waals surface area contributed by atoms with Crippen LogP contribution in [-0.4, -0.2) is 85.2 Å². The molecule has 30 heavy (non-hydrogen) atoms. The third-order valence-electron chi connectivity index (χ3n) is 6.87. The number of hydrogen-bond acceptors (Lipinski definition) is 7. The van der Waals surface area contributed by atoms with Gasteiger partial charge in [0.05, 0.1) is 20.8 Å². The fraction of sp³-hybridized carbons (Fsp3) is 0.857. The van der Waals surface area contributed by atoms with Crippen LogP contribution in [0.2, 0.25) is 0 Å². The number of halogens is 1. The summed E-state index contributed by atoms with van der Waals surface area (Å²) in [5.41, 5.74) is 0. The van der Waals surface area contributed by atoms with Crippen molar-refractivity contribution in [2.24, 2.45) is 17.8 Å². The Morgan fingerprint density at radius 1 is 0.933 bits per heavy atom.